The molecule has 0 N–H and O–H groups in total. The number of nitrogens with zero attached hydrogens (tertiary/aromatic N) is 1. The highest BCUT2D eigenvalue weighted by Gasteiger charge is 2.37. The van der Waals surface area contributed by atoms with Crippen LogP contribution in [0.5, 0.6) is 0 Å². The van der Waals surface area contributed by atoms with E-state index in [2.05, 4.69) is 38.8 Å². The second kappa shape index (κ2) is 5.27. The molecule has 0 radical (unpaired) electrons. The van der Waals surface area contributed by atoms with Gasteiger partial charge in [0.1, 0.15) is 5.15 Å². The van der Waals surface area contributed by atoms with Gasteiger partial charge >= 0.3 is 0 Å². The standard InChI is InChI=1S/C12H19Cl2NOSi/c1-12(2,3)17(4,5)16-8-9-6-10(13)11(14)15-7-9/h6-7H,8H2,1-5H3. The van der Waals surface area contributed by atoms with Gasteiger partial charge < -0.3 is 4.43 Å². The summed E-state index contributed by atoms with van der Waals surface area (Å²) in [5, 5.41) is 1.02. The van der Waals surface area contributed by atoms with Crippen LogP contribution in [0, 0.1) is 0 Å². The van der Waals surface area contributed by atoms with Gasteiger partial charge in [0, 0.05) is 6.20 Å². The van der Waals surface area contributed by atoms with Crippen molar-refractivity contribution in [2.75, 3.05) is 0 Å². The first-order valence-electron chi connectivity index (χ1n) is 5.57. The molecule has 5 heteroatoms. The lowest BCUT2D eigenvalue weighted by Gasteiger charge is -2.36. The molecular formula is C12H19Cl2NOSi. The average molecular weight is 292 g/mol. The van der Waals surface area contributed by atoms with Gasteiger partial charge in [-0.25, -0.2) is 4.98 Å². The second-order valence-corrected chi connectivity index (χ2v) is 11.2. The third-order valence-corrected chi connectivity index (χ3v) is 8.42. The fraction of sp³-hybridized carbons (Fsp3) is 0.583. The molecule has 0 saturated heterocycles. The number of aromatic nitrogens is 1. The molecule has 0 aliphatic rings. The Bertz CT molecular complexity index is 402. The molecular weight excluding hydrogens is 273 g/mol. The molecule has 0 aromatic carbocycles. The predicted octanol–water partition coefficient (Wildman–Crippen LogP) is 4.91. The van der Waals surface area contributed by atoms with E-state index < -0.39 is 8.32 Å². The zero-order valence-corrected chi connectivity index (χ0v) is 13.5. The number of halogens is 2. The Hall–Kier alpha value is -0.0931. The maximum atomic E-state index is 6.07. The van der Waals surface area contributed by atoms with Crippen molar-refractivity contribution >= 4 is 31.5 Å². The Balaban J connectivity index is 2.71. The van der Waals surface area contributed by atoms with Gasteiger partial charge in [-0.3, -0.25) is 0 Å². The summed E-state index contributed by atoms with van der Waals surface area (Å²) in [6.45, 7) is 11.6. The van der Waals surface area contributed by atoms with Crippen molar-refractivity contribution in [3.63, 3.8) is 0 Å². The van der Waals surface area contributed by atoms with Crippen LogP contribution in [0.4, 0.5) is 0 Å². The minimum absolute atomic E-state index is 0.205. The van der Waals surface area contributed by atoms with Crippen LogP contribution >= 0.6 is 23.2 Å². The minimum atomic E-state index is -1.72. The molecule has 0 aliphatic carbocycles. The summed E-state index contributed by atoms with van der Waals surface area (Å²) in [7, 11) is -1.72. The average Bonchev–Trinajstić information content (AvgIpc) is 2.18. The van der Waals surface area contributed by atoms with Gasteiger partial charge in [0.05, 0.1) is 11.6 Å². The highest BCUT2D eigenvalue weighted by molar-refractivity contribution is 6.74. The first-order valence-corrected chi connectivity index (χ1v) is 9.24. The highest BCUT2D eigenvalue weighted by Crippen LogP contribution is 2.37. The van der Waals surface area contributed by atoms with E-state index in [1.807, 2.05) is 6.07 Å². The zero-order chi connectivity index (χ0) is 13.3. The summed E-state index contributed by atoms with van der Waals surface area (Å²) < 4.78 is 6.07. The normalized spacial score (nSPS) is 12.9. The van der Waals surface area contributed by atoms with E-state index in [1.165, 1.54) is 0 Å². The van der Waals surface area contributed by atoms with Crippen molar-refractivity contribution in [3.05, 3.63) is 28.0 Å². The Kier molecular flexibility index (Phi) is 4.64. The van der Waals surface area contributed by atoms with Gasteiger partial charge in [-0.15, -0.1) is 0 Å². The number of pyridine rings is 1. The predicted molar refractivity (Wildman–Crippen MR) is 76.2 cm³/mol. The molecule has 0 atom stereocenters. The van der Waals surface area contributed by atoms with Gasteiger partial charge in [0.25, 0.3) is 0 Å². The van der Waals surface area contributed by atoms with E-state index in [-0.39, 0.29) is 5.04 Å². The van der Waals surface area contributed by atoms with Crippen LogP contribution in [-0.2, 0) is 11.0 Å². The van der Waals surface area contributed by atoms with E-state index in [0.29, 0.717) is 16.8 Å². The fourth-order valence-electron chi connectivity index (χ4n) is 1.02. The first-order chi connectivity index (χ1) is 7.63. The largest absolute Gasteiger partial charge is 0.413 e. The summed E-state index contributed by atoms with van der Waals surface area (Å²) in [4.78, 5) is 4.01. The second-order valence-electron chi connectivity index (χ2n) is 5.67. The van der Waals surface area contributed by atoms with Crippen LogP contribution in [-0.4, -0.2) is 13.3 Å². The molecule has 0 fully saturated rings. The lowest BCUT2D eigenvalue weighted by atomic mass is 10.2. The Labute approximate surface area is 114 Å². The van der Waals surface area contributed by atoms with E-state index in [9.17, 15) is 0 Å². The third kappa shape index (κ3) is 3.95. The van der Waals surface area contributed by atoms with E-state index in [1.54, 1.807) is 6.20 Å². The number of hydrogen-bond acceptors (Lipinski definition) is 2. The molecule has 0 spiro atoms. The van der Waals surface area contributed by atoms with Crippen molar-refractivity contribution in [2.45, 2.75) is 45.5 Å². The van der Waals surface area contributed by atoms with E-state index >= 15 is 0 Å². The lowest BCUT2D eigenvalue weighted by Crippen LogP contribution is -2.40. The monoisotopic (exact) mass is 291 g/mol. The van der Waals surface area contributed by atoms with Gasteiger partial charge in [0.15, 0.2) is 8.32 Å². The van der Waals surface area contributed by atoms with E-state index in [4.69, 9.17) is 27.6 Å². The molecule has 0 unspecified atom stereocenters. The molecule has 2 nitrogen and oxygen atoms in total. The highest BCUT2D eigenvalue weighted by atomic mass is 35.5. The van der Waals surface area contributed by atoms with E-state index in [0.717, 1.165) is 5.56 Å². The topological polar surface area (TPSA) is 22.1 Å². The van der Waals surface area contributed by atoms with Gasteiger partial charge in [0.2, 0.25) is 0 Å². The van der Waals surface area contributed by atoms with Crippen molar-refractivity contribution < 1.29 is 4.43 Å². The maximum Gasteiger partial charge on any atom is 0.192 e. The quantitative estimate of drug-likeness (QED) is 0.583. The van der Waals surface area contributed by atoms with Crippen molar-refractivity contribution in [1.82, 2.24) is 4.98 Å². The van der Waals surface area contributed by atoms with Crippen LogP contribution < -0.4 is 0 Å². The van der Waals surface area contributed by atoms with Gasteiger partial charge in [-0.1, -0.05) is 44.0 Å². The minimum Gasteiger partial charge on any atom is -0.413 e. The van der Waals surface area contributed by atoms with Crippen molar-refractivity contribution in [2.24, 2.45) is 0 Å². The molecule has 17 heavy (non-hydrogen) atoms. The van der Waals surface area contributed by atoms with Gasteiger partial charge in [-0.2, -0.15) is 0 Å². The van der Waals surface area contributed by atoms with Crippen LogP contribution in [0.25, 0.3) is 0 Å². The smallest absolute Gasteiger partial charge is 0.192 e. The third-order valence-electron chi connectivity index (χ3n) is 3.26. The molecule has 1 heterocycles. The molecule has 0 aliphatic heterocycles. The van der Waals surface area contributed by atoms with Crippen LogP contribution in [0.2, 0.25) is 28.3 Å². The molecule has 0 bridgehead atoms. The molecule has 1 aromatic rings. The summed E-state index contributed by atoms with van der Waals surface area (Å²) >= 11 is 11.7. The van der Waals surface area contributed by atoms with Crippen molar-refractivity contribution in [3.8, 4) is 0 Å². The Morgan fingerprint density at radius 2 is 1.88 bits per heavy atom. The molecule has 1 aromatic heterocycles. The van der Waals surface area contributed by atoms with Crippen LogP contribution in [0.15, 0.2) is 12.3 Å². The molecule has 0 amide bonds. The molecule has 0 saturated carbocycles. The fourth-order valence-corrected chi connectivity index (χ4v) is 2.27. The maximum absolute atomic E-state index is 6.07. The SMILES string of the molecule is CC(C)(C)[Si](C)(C)OCc1cnc(Cl)c(Cl)c1. The first kappa shape index (κ1) is 15.0. The zero-order valence-electron chi connectivity index (χ0n) is 11.0. The Morgan fingerprint density at radius 3 is 2.35 bits per heavy atom. The summed E-state index contributed by atoms with van der Waals surface area (Å²) in [6.07, 6.45) is 1.71. The molecule has 96 valence electrons. The summed E-state index contributed by atoms with van der Waals surface area (Å²) in [5.74, 6) is 0. The van der Waals surface area contributed by atoms with Gasteiger partial charge in [-0.05, 0) is 29.8 Å². The summed E-state index contributed by atoms with van der Waals surface area (Å²) in [6, 6.07) is 1.81. The lowest BCUT2D eigenvalue weighted by molar-refractivity contribution is 0.276. The Morgan fingerprint density at radius 1 is 1.29 bits per heavy atom. The molecule has 1 rings (SSSR count). The number of rotatable bonds is 3. The van der Waals surface area contributed by atoms with Crippen LogP contribution in [0.1, 0.15) is 26.3 Å². The van der Waals surface area contributed by atoms with Crippen LogP contribution in [0.3, 0.4) is 0 Å². The summed E-state index contributed by atoms with van der Waals surface area (Å²) in [5.41, 5.74) is 0.962. The van der Waals surface area contributed by atoms with Crippen molar-refractivity contribution in [1.29, 1.82) is 0 Å². The number of hydrogen-bond donors (Lipinski definition) is 0.